The van der Waals surface area contributed by atoms with Crippen molar-refractivity contribution in [2.75, 3.05) is 0 Å². The Bertz CT molecular complexity index is 471. The van der Waals surface area contributed by atoms with E-state index in [2.05, 4.69) is 23.2 Å². The summed E-state index contributed by atoms with van der Waals surface area (Å²) in [5.74, 6) is 0.873. The van der Waals surface area contributed by atoms with Crippen LogP contribution in [-0.2, 0) is 0 Å². The Morgan fingerprint density at radius 3 is 3.20 bits per heavy atom. The second kappa shape index (κ2) is 3.39. The lowest BCUT2D eigenvalue weighted by atomic mass is 10.0. The molecule has 2 heteroatoms. The Morgan fingerprint density at radius 2 is 2.20 bits per heavy atom. The lowest BCUT2D eigenvalue weighted by molar-refractivity contribution is 0.248. The summed E-state index contributed by atoms with van der Waals surface area (Å²) in [7, 11) is 0. The van der Waals surface area contributed by atoms with Gasteiger partial charge in [-0.1, -0.05) is 30.4 Å². The molecule has 0 aromatic heterocycles. The summed E-state index contributed by atoms with van der Waals surface area (Å²) in [6, 6.07) is 7.88. The minimum Gasteiger partial charge on any atom is -0.483 e. The quantitative estimate of drug-likeness (QED) is 0.626. The highest BCUT2D eigenvalue weighted by molar-refractivity contribution is 5.85. The fourth-order valence-corrected chi connectivity index (χ4v) is 1.83. The molecule has 2 nitrogen and oxygen atoms in total. The van der Waals surface area contributed by atoms with E-state index in [1.807, 2.05) is 30.5 Å². The van der Waals surface area contributed by atoms with Crippen LogP contribution in [0.1, 0.15) is 6.42 Å². The Balaban J connectivity index is 2.06. The highest BCUT2D eigenvalue weighted by Gasteiger charge is 2.19. The molecule has 0 radical (unpaired) electrons. The topological polar surface area (TPSA) is 21.6 Å². The van der Waals surface area contributed by atoms with Gasteiger partial charge in [-0.25, -0.2) is 0 Å². The van der Waals surface area contributed by atoms with Crippen molar-refractivity contribution in [2.24, 2.45) is 4.99 Å². The summed E-state index contributed by atoms with van der Waals surface area (Å²) < 4.78 is 5.92. The third kappa shape index (κ3) is 1.48. The Hall–Kier alpha value is -1.83. The molecule has 1 aliphatic heterocycles. The van der Waals surface area contributed by atoms with Gasteiger partial charge in [-0.05, 0) is 12.1 Å². The zero-order chi connectivity index (χ0) is 10.1. The molecule has 0 spiro atoms. The van der Waals surface area contributed by atoms with Crippen molar-refractivity contribution in [3.05, 3.63) is 48.1 Å². The second-order valence-corrected chi connectivity index (χ2v) is 3.66. The molecule has 0 bridgehead atoms. The van der Waals surface area contributed by atoms with E-state index in [4.69, 9.17) is 4.74 Å². The molecule has 2 aliphatic rings. The van der Waals surface area contributed by atoms with Gasteiger partial charge >= 0.3 is 0 Å². The van der Waals surface area contributed by atoms with Crippen LogP contribution in [-0.4, -0.2) is 12.3 Å². The molecule has 1 unspecified atom stereocenters. The summed E-state index contributed by atoms with van der Waals surface area (Å²) in [6.07, 6.45) is 9.19. The Labute approximate surface area is 88.6 Å². The fraction of sp³-hybridized carbons (Fsp3) is 0.154. The van der Waals surface area contributed by atoms with Gasteiger partial charge in [0, 0.05) is 18.2 Å². The van der Waals surface area contributed by atoms with Gasteiger partial charge in [0.05, 0.1) is 0 Å². The third-order valence-electron chi connectivity index (χ3n) is 2.63. The Morgan fingerprint density at radius 1 is 1.27 bits per heavy atom. The Kier molecular flexibility index (Phi) is 1.91. The van der Waals surface area contributed by atoms with Crippen molar-refractivity contribution < 1.29 is 4.74 Å². The van der Waals surface area contributed by atoms with E-state index in [-0.39, 0.29) is 6.10 Å². The van der Waals surface area contributed by atoms with E-state index in [1.165, 1.54) is 0 Å². The highest BCUT2D eigenvalue weighted by atomic mass is 16.5. The number of hydrogen-bond acceptors (Lipinski definition) is 2. The normalized spacial score (nSPS) is 22.1. The molecule has 1 aromatic carbocycles. The van der Waals surface area contributed by atoms with Crippen molar-refractivity contribution in [3.63, 3.8) is 0 Å². The lowest BCUT2D eigenvalue weighted by Crippen LogP contribution is -2.19. The molecule has 74 valence electrons. The number of aliphatic imine (C=N–C) groups is 1. The predicted octanol–water partition coefficient (Wildman–Crippen LogP) is 3.04. The summed E-state index contributed by atoms with van der Waals surface area (Å²) in [6.45, 7) is 0. The first-order chi connectivity index (χ1) is 7.43. The zero-order valence-electron chi connectivity index (χ0n) is 8.26. The van der Waals surface area contributed by atoms with E-state index >= 15 is 0 Å². The zero-order valence-corrected chi connectivity index (χ0v) is 8.26. The molecule has 0 amide bonds. The van der Waals surface area contributed by atoms with Crippen molar-refractivity contribution >= 4 is 11.9 Å². The summed E-state index contributed by atoms with van der Waals surface area (Å²) in [5, 5.41) is 0. The van der Waals surface area contributed by atoms with Crippen LogP contribution in [0, 0.1) is 0 Å². The standard InChI is InChI=1S/C13H11NO/c1-3-7-12-10(5-1)9-14-11-6-2-4-8-13(11)15-12/h1-6,8-9,12H,7H2. The summed E-state index contributed by atoms with van der Waals surface area (Å²) >= 11 is 0. The van der Waals surface area contributed by atoms with Gasteiger partial charge in [-0.3, -0.25) is 4.99 Å². The van der Waals surface area contributed by atoms with Gasteiger partial charge in [0.2, 0.25) is 0 Å². The predicted molar refractivity (Wildman–Crippen MR) is 60.9 cm³/mol. The monoisotopic (exact) mass is 197 g/mol. The minimum absolute atomic E-state index is 0.127. The molecule has 1 aliphatic carbocycles. The fourth-order valence-electron chi connectivity index (χ4n) is 1.83. The number of hydrogen-bond donors (Lipinski definition) is 0. The molecule has 0 N–H and O–H groups in total. The van der Waals surface area contributed by atoms with Crippen LogP contribution in [0.2, 0.25) is 0 Å². The molecule has 1 atom stereocenters. The molecule has 0 saturated heterocycles. The van der Waals surface area contributed by atoms with Gasteiger partial charge in [0.25, 0.3) is 0 Å². The first-order valence-electron chi connectivity index (χ1n) is 5.10. The lowest BCUT2D eigenvalue weighted by Gasteiger charge is -2.18. The average Bonchev–Trinajstić information content (AvgIpc) is 2.48. The van der Waals surface area contributed by atoms with E-state index in [9.17, 15) is 0 Å². The minimum atomic E-state index is 0.127. The molecule has 0 fully saturated rings. The van der Waals surface area contributed by atoms with Gasteiger partial charge in [-0.15, -0.1) is 0 Å². The number of fused-ring (bicyclic) bond motifs is 2. The van der Waals surface area contributed by atoms with Crippen LogP contribution in [0.15, 0.2) is 53.1 Å². The number of benzene rings is 1. The number of para-hydroxylation sites is 2. The molecule has 3 rings (SSSR count). The highest BCUT2D eigenvalue weighted by Crippen LogP contribution is 2.32. The smallest absolute Gasteiger partial charge is 0.145 e. The summed E-state index contributed by atoms with van der Waals surface area (Å²) in [5.41, 5.74) is 2.06. The van der Waals surface area contributed by atoms with Crippen molar-refractivity contribution in [1.82, 2.24) is 0 Å². The van der Waals surface area contributed by atoms with Gasteiger partial charge in [0.1, 0.15) is 17.5 Å². The first kappa shape index (κ1) is 8.48. The SMILES string of the molecule is C1=CCC2Oc3ccccc3N=CC2=C1. The number of allylic oxidation sites excluding steroid dienone is 2. The van der Waals surface area contributed by atoms with E-state index in [0.717, 1.165) is 23.4 Å². The van der Waals surface area contributed by atoms with Gasteiger partial charge in [0.15, 0.2) is 0 Å². The van der Waals surface area contributed by atoms with Crippen LogP contribution in [0.5, 0.6) is 5.75 Å². The van der Waals surface area contributed by atoms with Crippen LogP contribution in [0.4, 0.5) is 5.69 Å². The largest absolute Gasteiger partial charge is 0.483 e. The second-order valence-electron chi connectivity index (χ2n) is 3.66. The van der Waals surface area contributed by atoms with Crippen LogP contribution in [0.3, 0.4) is 0 Å². The maximum atomic E-state index is 5.92. The summed E-state index contributed by atoms with van der Waals surface area (Å²) in [4.78, 5) is 4.42. The average molecular weight is 197 g/mol. The van der Waals surface area contributed by atoms with Gasteiger partial charge < -0.3 is 4.74 Å². The molecule has 1 heterocycles. The van der Waals surface area contributed by atoms with E-state index in [1.54, 1.807) is 0 Å². The molecular weight excluding hydrogens is 186 g/mol. The van der Waals surface area contributed by atoms with E-state index < -0.39 is 0 Å². The number of nitrogens with zero attached hydrogens (tertiary/aromatic N) is 1. The molecule has 1 aromatic rings. The van der Waals surface area contributed by atoms with Crippen LogP contribution < -0.4 is 4.74 Å². The van der Waals surface area contributed by atoms with Crippen molar-refractivity contribution in [2.45, 2.75) is 12.5 Å². The van der Waals surface area contributed by atoms with Crippen molar-refractivity contribution in [3.8, 4) is 5.75 Å². The third-order valence-corrected chi connectivity index (χ3v) is 2.63. The van der Waals surface area contributed by atoms with Gasteiger partial charge in [-0.2, -0.15) is 0 Å². The number of ether oxygens (including phenoxy) is 1. The van der Waals surface area contributed by atoms with Crippen LogP contribution >= 0.6 is 0 Å². The molecule has 0 saturated carbocycles. The molecular formula is C13H11NO. The maximum Gasteiger partial charge on any atom is 0.145 e. The maximum absolute atomic E-state index is 5.92. The number of rotatable bonds is 0. The van der Waals surface area contributed by atoms with E-state index in [0.29, 0.717) is 0 Å². The van der Waals surface area contributed by atoms with Crippen molar-refractivity contribution in [1.29, 1.82) is 0 Å². The van der Waals surface area contributed by atoms with Crippen LogP contribution in [0.25, 0.3) is 0 Å². The molecule has 15 heavy (non-hydrogen) atoms. The first-order valence-corrected chi connectivity index (χ1v) is 5.10.